The lowest BCUT2D eigenvalue weighted by Gasteiger charge is -2.24. The van der Waals surface area contributed by atoms with Crippen LogP contribution in [0.25, 0.3) is 0 Å². The smallest absolute Gasteiger partial charge is 0.0576 e. The molecule has 0 heterocycles. The Kier molecular flexibility index (Phi) is 5.66. The summed E-state index contributed by atoms with van der Waals surface area (Å²) in [7, 11) is 0. The van der Waals surface area contributed by atoms with E-state index in [-0.39, 0.29) is 0 Å². The van der Waals surface area contributed by atoms with Gasteiger partial charge < -0.3 is 5.32 Å². The lowest BCUT2D eigenvalue weighted by molar-refractivity contribution is 0.331. The van der Waals surface area contributed by atoms with Crippen LogP contribution < -0.4 is 5.32 Å². The predicted octanol–water partition coefficient (Wildman–Crippen LogP) is 5.34. The van der Waals surface area contributed by atoms with Crippen LogP contribution in [0.3, 0.4) is 0 Å². The zero-order valence-electron chi connectivity index (χ0n) is 13.4. The molecule has 22 heavy (non-hydrogen) atoms. The molecule has 0 bridgehead atoms. The van der Waals surface area contributed by atoms with E-state index in [1.165, 1.54) is 49.7 Å². The van der Waals surface area contributed by atoms with Crippen molar-refractivity contribution in [1.29, 1.82) is 0 Å². The van der Waals surface area contributed by atoms with Gasteiger partial charge in [0, 0.05) is 0 Å². The lowest BCUT2D eigenvalue weighted by Crippen LogP contribution is -2.25. The van der Waals surface area contributed by atoms with E-state index in [0.717, 1.165) is 12.5 Å². The summed E-state index contributed by atoms with van der Waals surface area (Å²) < 4.78 is 0. The third-order valence-electron chi connectivity index (χ3n) is 4.89. The van der Waals surface area contributed by atoms with Gasteiger partial charge in [0.25, 0.3) is 0 Å². The fourth-order valence-corrected chi connectivity index (χ4v) is 3.63. The first-order valence-corrected chi connectivity index (χ1v) is 8.77. The van der Waals surface area contributed by atoms with Crippen LogP contribution >= 0.6 is 0 Å². The van der Waals surface area contributed by atoms with Gasteiger partial charge >= 0.3 is 0 Å². The normalized spacial score (nSPS) is 16.0. The number of nitrogens with one attached hydrogen (secondary N) is 1. The molecule has 2 aromatic rings. The molecule has 1 saturated carbocycles. The topological polar surface area (TPSA) is 12.0 Å². The molecule has 1 N–H and O–H groups in total. The van der Waals surface area contributed by atoms with Crippen LogP contribution in [-0.4, -0.2) is 6.54 Å². The zero-order chi connectivity index (χ0) is 15.0. The van der Waals surface area contributed by atoms with Gasteiger partial charge in [-0.05, 0) is 30.0 Å². The standard InChI is InChI=1S/C21H27N/c1-4-10-18(11-5-1)16-17-22-21(19-12-6-2-7-13-19)20-14-8-3-9-15-20/h2-3,6-9,12-15,18,21-22H,1,4-5,10-11,16-17H2. The van der Waals surface area contributed by atoms with Crippen molar-refractivity contribution in [2.24, 2.45) is 5.92 Å². The summed E-state index contributed by atoms with van der Waals surface area (Å²) in [5.41, 5.74) is 2.72. The van der Waals surface area contributed by atoms with Gasteiger partial charge in [0.2, 0.25) is 0 Å². The lowest BCUT2D eigenvalue weighted by atomic mass is 9.87. The third-order valence-corrected chi connectivity index (χ3v) is 4.89. The molecular weight excluding hydrogens is 266 g/mol. The second kappa shape index (κ2) is 8.14. The fraction of sp³-hybridized carbons (Fsp3) is 0.429. The first-order valence-electron chi connectivity index (χ1n) is 8.77. The molecule has 1 heteroatoms. The maximum atomic E-state index is 3.80. The van der Waals surface area contributed by atoms with E-state index in [9.17, 15) is 0 Å². The minimum absolute atomic E-state index is 0.311. The Balaban J connectivity index is 1.64. The van der Waals surface area contributed by atoms with Gasteiger partial charge in [-0.1, -0.05) is 92.8 Å². The monoisotopic (exact) mass is 293 g/mol. The molecule has 0 radical (unpaired) electrons. The molecular formula is C21H27N. The van der Waals surface area contributed by atoms with Crippen LogP contribution in [0.1, 0.15) is 55.7 Å². The number of rotatable bonds is 6. The van der Waals surface area contributed by atoms with Gasteiger partial charge in [-0.15, -0.1) is 0 Å². The SMILES string of the molecule is c1ccc(C(NCCC2CCCCC2)c2ccccc2)cc1. The quantitative estimate of drug-likeness (QED) is 0.758. The highest BCUT2D eigenvalue weighted by Gasteiger charge is 2.16. The Morgan fingerprint density at radius 3 is 1.86 bits per heavy atom. The highest BCUT2D eigenvalue weighted by molar-refractivity contribution is 5.31. The molecule has 1 fully saturated rings. The fourth-order valence-electron chi connectivity index (χ4n) is 3.63. The van der Waals surface area contributed by atoms with E-state index in [1.807, 2.05) is 0 Å². The molecule has 3 rings (SSSR count). The average Bonchev–Trinajstić information content (AvgIpc) is 2.61. The molecule has 0 saturated heterocycles. The molecule has 2 aromatic carbocycles. The van der Waals surface area contributed by atoms with Crippen LogP contribution in [0.15, 0.2) is 60.7 Å². The highest BCUT2D eigenvalue weighted by Crippen LogP contribution is 2.27. The second-order valence-corrected chi connectivity index (χ2v) is 6.50. The molecule has 0 amide bonds. The van der Waals surface area contributed by atoms with Crippen molar-refractivity contribution in [3.63, 3.8) is 0 Å². The molecule has 0 unspecified atom stereocenters. The summed E-state index contributed by atoms with van der Waals surface area (Å²) in [5, 5.41) is 3.80. The van der Waals surface area contributed by atoms with Crippen molar-refractivity contribution in [1.82, 2.24) is 5.32 Å². The highest BCUT2D eigenvalue weighted by atomic mass is 14.9. The first kappa shape index (κ1) is 15.3. The van der Waals surface area contributed by atoms with Crippen molar-refractivity contribution >= 4 is 0 Å². The molecule has 0 atom stereocenters. The van der Waals surface area contributed by atoms with Crippen molar-refractivity contribution in [2.45, 2.75) is 44.6 Å². The van der Waals surface area contributed by atoms with Gasteiger partial charge in [-0.25, -0.2) is 0 Å². The van der Waals surface area contributed by atoms with Gasteiger partial charge in [0.1, 0.15) is 0 Å². The van der Waals surface area contributed by atoms with Gasteiger partial charge in [0.15, 0.2) is 0 Å². The first-order chi connectivity index (χ1) is 10.9. The summed E-state index contributed by atoms with van der Waals surface area (Å²) in [6, 6.07) is 21.9. The van der Waals surface area contributed by atoms with Crippen LogP contribution in [0.4, 0.5) is 0 Å². The average molecular weight is 293 g/mol. The van der Waals surface area contributed by atoms with Gasteiger partial charge in [-0.3, -0.25) is 0 Å². The van der Waals surface area contributed by atoms with E-state index >= 15 is 0 Å². The van der Waals surface area contributed by atoms with Crippen molar-refractivity contribution in [3.05, 3.63) is 71.8 Å². The maximum Gasteiger partial charge on any atom is 0.0576 e. The molecule has 1 aliphatic carbocycles. The molecule has 0 spiro atoms. The molecule has 0 aromatic heterocycles. The van der Waals surface area contributed by atoms with Crippen molar-refractivity contribution < 1.29 is 0 Å². The minimum Gasteiger partial charge on any atom is -0.306 e. The van der Waals surface area contributed by atoms with E-state index in [1.54, 1.807) is 0 Å². The summed E-state index contributed by atoms with van der Waals surface area (Å²) in [6.07, 6.45) is 8.50. The van der Waals surface area contributed by atoms with E-state index in [4.69, 9.17) is 0 Å². The Morgan fingerprint density at radius 1 is 0.773 bits per heavy atom. The Morgan fingerprint density at radius 2 is 1.32 bits per heavy atom. The Labute approximate surface area is 134 Å². The summed E-state index contributed by atoms with van der Waals surface area (Å²) in [5.74, 6) is 0.938. The van der Waals surface area contributed by atoms with E-state index < -0.39 is 0 Å². The van der Waals surface area contributed by atoms with Gasteiger partial charge in [0.05, 0.1) is 6.04 Å². The van der Waals surface area contributed by atoms with Crippen LogP contribution in [0.5, 0.6) is 0 Å². The largest absolute Gasteiger partial charge is 0.306 e. The molecule has 0 aliphatic heterocycles. The molecule has 116 valence electrons. The maximum absolute atomic E-state index is 3.80. The second-order valence-electron chi connectivity index (χ2n) is 6.50. The summed E-state index contributed by atoms with van der Waals surface area (Å²) in [6.45, 7) is 1.11. The van der Waals surface area contributed by atoms with E-state index in [0.29, 0.717) is 6.04 Å². The van der Waals surface area contributed by atoms with Gasteiger partial charge in [-0.2, -0.15) is 0 Å². The van der Waals surface area contributed by atoms with Crippen molar-refractivity contribution in [3.8, 4) is 0 Å². The Hall–Kier alpha value is -1.60. The number of benzene rings is 2. The number of hydrogen-bond donors (Lipinski definition) is 1. The molecule has 1 aliphatic rings. The summed E-state index contributed by atoms with van der Waals surface area (Å²) >= 11 is 0. The van der Waals surface area contributed by atoms with Crippen LogP contribution in [0.2, 0.25) is 0 Å². The minimum atomic E-state index is 0.311. The number of hydrogen-bond acceptors (Lipinski definition) is 1. The predicted molar refractivity (Wildman–Crippen MR) is 93.9 cm³/mol. The molecule has 1 nitrogen and oxygen atoms in total. The van der Waals surface area contributed by atoms with Crippen LogP contribution in [-0.2, 0) is 0 Å². The zero-order valence-corrected chi connectivity index (χ0v) is 13.4. The summed E-state index contributed by atoms with van der Waals surface area (Å²) in [4.78, 5) is 0. The Bertz CT molecular complexity index is 489. The van der Waals surface area contributed by atoms with E-state index in [2.05, 4.69) is 66.0 Å². The van der Waals surface area contributed by atoms with Crippen molar-refractivity contribution in [2.75, 3.05) is 6.54 Å². The van der Waals surface area contributed by atoms with Crippen LogP contribution in [0, 0.1) is 5.92 Å². The third kappa shape index (κ3) is 4.20.